The van der Waals surface area contributed by atoms with Crippen LogP contribution in [0.3, 0.4) is 0 Å². The second kappa shape index (κ2) is 8.53. The minimum atomic E-state index is 0.160. The molecule has 0 bridgehead atoms. The number of piperidine rings is 1. The second-order valence-corrected chi connectivity index (χ2v) is 9.14. The van der Waals surface area contributed by atoms with Crippen LogP contribution in [0.15, 0.2) is 47.8 Å². The Bertz CT molecular complexity index is 915. The van der Waals surface area contributed by atoms with E-state index in [2.05, 4.69) is 66.3 Å². The number of nitrogens with one attached hydrogen (secondary N) is 2. The highest BCUT2D eigenvalue weighted by molar-refractivity contribution is 7.99. The predicted molar refractivity (Wildman–Crippen MR) is 117 cm³/mol. The molecule has 0 amide bonds. The Morgan fingerprint density at radius 2 is 2.04 bits per heavy atom. The lowest BCUT2D eigenvalue weighted by Crippen LogP contribution is -2.31. The summed E-state index contributed by atoms with van der Waals surface area (Å²) in [6, 6.07) is 10.6. The maximum absolute atomic E-state index is 4.97. The van der Waals surface area contributed by atoms with Crippen LogP contribution in [0, 0.1) is 0 Å². The van der Waals surface area contributed by atoms with Crippen LogP contribution in [0.25, 0.3) is 5.65 Å². The van der Waals surface area contributed by atoms with Crippen molar-refractivity contribution in [2.75, 3.05) is 18.4 Å². The third-order valence-corrected chi connectivity index (χ3v) is 6.46. The Morgan fingerprint density at radius 3 is 2.75 bits per heavy atom. The van der Waals surface area contributed by atoms with E-state index in [0.29, 0.717) is 11.2 Å². The molecule has 3 heterocycles. The number of imidazole rings is 1. The molecule has 148 valence electrons. The van der Waals surface area contributed by atoms with Crippen molar-refractivity contribution in [2.45, 2.75) is 55.8 Å². The molecule has 28 heavy (non-hydrogen) atoms. The van der Waals surface area contributed by atoms with E-state index in [9.17, 15) is 0 Å². The van der Waals surface area contributed by atoms with Crippen molar-refractivity contribution in [3.05, 3.63) is 54.0 Å². The maximum atomic E-state index is 4.97. The number of rotatable bonds is 6. The van der Waals surface area contributed by atoms with Gasteiger partial charge in [0.05, 0.1) is 6.04 Å². The molecule has 4 rings (SSSR count). The molecule has 0 aliphatic carbocycles. The van der Waals surface area contributed by atoms with Gasteiger partial charge >= 0.3 is 0 Å². The van der Waals surface area contributed by atoms with Gasteiger partial charge in [-0.1, -0.05) is 44.2 Å². The summed E-state index contributed by atoms with van der Waals surface area (Å²) in [7, 11) is 0. The summed E-state index contributed by atoms with van der Waals surface area (Å²) in [5.41, 5.74) is 3.36. The summed E-state index contributed by atoms with van der Waals surface area (Å²) < 4.78 is 2.22. The summed E-state index contributed by atoms with van der Waals surface area (Å²) in [6.07, 6.45) is 6.62. The van der Waals surface area contributed by atoms with Gasteiger partial charge < -0.3 is 10.6 Å². The largest absolute Gasteiger partial charge is 0.360 e. The smallest absolute Gasteiger partial charge is 0.180 e. The van der Waals surface area contributed by atoms with Gasteiger partial charge in [-0.15, -0.1) is 11.8 Å². The highest BCUT2D eigenvalue weighted by Gasteiger charge is 2.19. The zero-order valence-electron chi connectivity index (χ0n) is 16.9. The Hall–Kier alpha value is -2.05. The summed E-state index contributed by atoms with van der Waals surface area (Å²) in [6.45, 7) is 8.77. The molecule has 1 aliphatic rings. The van der Waals surface area contributed by atoms with Crippen LogP contribution in [0.5, 0.6) is 0 Å². The molecule has 2 N–H and O–H groups in total. The van der Waals surface area contributed by atoms with Gasteiger partial charge in [0.1, 0.15) is 5.03 Å². The lowest BCUT2D eigenvalue weighted by Gasteiger charge is -2.22. The number of fused-ring (bicyclic) bond motifs is 1. The van der Waals surface area contributed by atoms with Crippen LogP contribution in [-0.4, -0.2) is 32.7 Å². The van der Waals surface area contributed by atoms with Crippen molar-refractivity contribution in [1.29, 1.82) is 0 Å². The van der Waals surface area contributed by atoms with Gasteiger partial charge in [0.2, 0.25) is 0 Å². The van der Waals surface area contributed by atoms with Crippen molar-refractivity contribution < 1.29 is 0 Å². The van der Waals surface area contributed by atoms with E-state index in [-0.39, 0.29) is 6.04 Å². The van der Waals surface area contributed by atoms with Crippen molar-refractivity contribution >= 4 is 23.2 Å². The standard InChI is InChI=1S/C22H29N5S/c1-15(2)19-13-24-22-21(25-16(3)17-8-5-4-6-9-17)26-20(14-27(19)22)28-18-10-7-11-23-12-18/h4-6,8-9,13-16,18,23H,7,10-12H2,1-3H3,(H,25,26). The van der Waals surface area contributed by atoms with Crippen LogP contribution in [0.1, 0.15) is 56.8 Å². The second-order valence-electron chi connectivity index (χ2n) is 7.82. The summed E-state index contributed by atoms with van der Waals surface area (Å²) in [5, 5.41) is 8.74. The summed E-state index contributed by atoms with van der Waals surface area (Å²) >= 11 is 1.88. The fraction of sp³-hybridized carbons (Fsp3) is 0.455. The van der Waals surface area contributed by atoms with Crippen LogP contribution >= 0.6 is 11.8 Å². The van der Waals surface area contributed by atoms with E-state index in [1.165, 1.54) is 24.1 Å². The molecule has 6 heteroatoms. The molecule has 2 unspecified atom stereocenters. The Kier molecular flexibility index (Phi) is 5.87. The number of aromatic nitrogens is 3. The number of hydrogen-bond acceptors (Lipinski definition) is 5. The van der Waals surface area contributed by atoms with Gasteiger partial charge in [0.15, 0.2) is 11.5 Å². The lowest BCUT2D eigenvalue weighted by molar-refractivity contribution is 0.531. The molecule has 2 aromatic heterocycles. The zero-order chi connectivity index (χ0) is 19.5. The number of thioether (sulfide) groups is 1. The molecule has 1 aromatic carbocycles. The molecular formula is C22H29N5S. The van der Waals surface area contributed by atoms with Gasteiger partial charge in [-0.3, -0.25) is 4.40 Å². The van der Waals surface area contributed by atoms with E-state index in [4.69, 9.17) is 9.97 Å². The van der Waals surface area contributed by atoms with E-state index < -0.39 is 0 Å². The van der Waals surface area contributed by atoms with Gasteiger partial charge in [0, 0.05) is 29.9 Å². The van der Waals surface area contributed by atoms with Gasteiger partial charge in [-0.05, 0) is 37.8 Å². The minimum Gasteiger partial charge on any atom is -0.360 e. The molecule has 0 saturated carbocycles. The van der Waals surface area contributed by atoms with Gasteiger partial charge in [0.25, 0.3) is 0 Å². The van der Waals surface area contributed by atoms with Crippen LogP contribution < -0.4 is 10.6 Å². The predicted octanol–water partition coefficient (Wildman–Crippen LogP) is 4.87. The molecule has 3 aromatic rings. The molecule has 5 nitrogen and oxygen atoms in total. The first-order valence-corrected chi connectivity index (χ1v) is 11.1. The Balaban J connectivity index is 1.68. The van der Waals surface area contributed by atoms with Crippen LogP contribution in [0.4, 0.5) is 5.82 Å². The topological polar surface area (TPSA) is 54.2 Å². The van der Waals surface area contributed by atoms with E-state index >= 15 is 0 Å². The van der Waals surface area contributed by atoms with Gasteiger partial charge in [-0.2, -0.15) is 0 Å². The fourth-order valence-electron chi connectivity index (χ4n) is 3.69. The average Bonchev–Trinajstić information content (AvgIpc) is 3.14. The third kappa shape index (κ3) is 4.18. The number of benzene rings is 1. The molecule has 1 saturated heterocycles. The summed E-state index contributed by atoms with van der Waals surface area (Å²) in [4.78, 5) is 9.66. The van der Waals surface area contributed by atoms with Gasteiger partial charge in [-0.25, -0.2) is 9.97 Å². The van der Waals surface area contributed by atoms with Crippen LogP contribution in [0.2, 0.25) is 0 Å². The zero-order valence-corrected chi connectivity index (χ0v) is 17.7. The first-order chi connectivity index (χ1) is 13.6. The van der Waals surface area contributed by atoms with Crippen molar-refractivity contribution in [1.82, 2.24) is 19.7 Å². The molecular weight excluding hydrogens is 366 g/mol. The third-order valence-electron chi connectivity index (χ3n) is 5.28. The Labute approximate surface area is 171 Å². The molecule has 1 fully saturated rings. The highest BCUT2D eigenvalue weighted by Crippen LogP contribution is 2.31. The maximum Gasteiger partial charge on any atom is 0.180 e. The van der Waals surface area contributed by atoms with Crippen molar-refractivity contribution in [3.63, 3.8) is 0 Å². The average molecular weight is 396 g/mol. The molecule has 0 spiro atoms. The first-order valence-electron chi connectivity index (χ1n) is 10.2. The normalized spacial score (nSPS) is 18.5. The quantitative estimate of drug-likeness (QED) is 0.624. The molecule has 1 aliphatic heterocycles. The van der Waals surface area contributed by atoms with E-state index in [1.54, 1.807) is 0 Å². The molecule has 2 atom stereocenters. The van der Waals surface area contributed by atoms with Crippen molar-refractivity contribution in [2.24, 2.45) is 0 Å². The minimum absolute atomic E-state index is 0.160. The van der Waals surface area contributed by atoms with E-state index in [0.717, 1.165) is 29.6 Å². The number of nitrogens with zero attached hydrogens (tertiary/aromatic N) is 3. The highest BCUT2D eigenvalue weighted by atomic mass is 32.2. The Morgan fingerprint density at radius 1 is 1.21 bits per heavy atom. The number of hydrogen-bond donors (Lipinski definition) is 2. The molecule has 0 radical (unpaired) electrons. The van der Waals surface area contributed by atoms with Crippen molar-refractivity contribution in [3.8, 4) is 0 Å². The monoisotopic (exact) mass is 395 g/mol. The van der Waals surface area contributed by atoms with E-state index in [1.807, 2.05) is 24.0 Å². The number of anilines is 1. The first kappa shape index (κ1) is 19.3. The SMILES string of the molecule is CC(C)c1cnc2c(NC(C)c3ccccc3)nc(SC3CCCNC3)cn12. The van der Waals surface area contributed by atoms with Crippen LogP contribution in [-0.2, 0) is 0 Å². The fourth-order valence-corrected chi connectivity index (χ4v) is 4.82. The summed E-state index contributed by atoms with van der Waals surface area (Å²) in [5.74, 6) is 1.27. The lowest BCUT2D eigenvalue weighted by atomic mass is 10.1.